The maximum absolute atomic E-state index is 13.7. The molecule has 0 unspecified atom stereocenters. The van der Waals surface area contributed by atoms with Gasteiger partial charge in [0, 0.05) is 28.4 Å². The second kappa shape index (κ2) is 9.48. The summed E-state index contributed by atoms with van der Waals surface area (Å²) in [5, 5.41) is 0.885. The molecule has 4 aromatic rings. The van der Waals surface area contributed by atoms with Gasteiger partial charge in [0.2, 0.25) is 0 Å². The topological polar surface area (TPSA) is 80.9 Å². The van der Waals surface area contributed by atoms with Gasteiger partial charge in [-0.2, -0.15) is 0 Å². The molecule has 3 aromatic carbocycles. The number of pyridine rings is 1. The van der Waals surface area contributed by atoms with E-state index in [-0.39, 0.29) is 18.0 Å². The molecule has 33 heavy (non-hydrogen) atoms. The van der Waals surface area contributed by atoms with E-state index >= 15 is 0 Å². The van der Waals surface area contributed by atoms with Crippen molar-refractivity contribution >= 4 is 22.5 Å². The van der Waals surface area contributed by atoms with Gasteiger partial charge in [-0.15, -0.1) is 0 Å². The Bertz CT molecular complexity index is 1360. The number of methoxy groups -OCH3 is 3. The number of nitrogens with one attached hydrogen (secondary N) is 1. The van der Waals surface area contributed by atoms with Gasteiger partial charge in [-0.05, 0) is 47.9 Å². The monoisotopic (exact) mass is 444 g/mol. The van der Waals surface area contributed by atoms with E-state index in [9.17, 15) is 9.59 Å². The summed E-state index contributed by atoms with van der Waals surface area (Å²) in [7, 11) is 4.61. The van der Waals surface area contributed by atoms with Crippen LogP contribution in [-0.4, -0.2) is 32.2 Å². The third kappa shape index (κ3) is 4.52. The highest BCUT2D eigenvalue weighted by atomic mass is 16.5. The van der Waals surface area contributed by atoms with Crippen molar-refractivity contribution in [2.75, 3.05) is 26.2 Å². The first-order chi connectivity index (χ1) is 16.0. The van der Waals surface area contributed by atoms with Gasteiger partial charge in [-0.3, -0.25) is 9.59 Å². The van der Waals surface area contributed by atoms with E-state index in [1.165, 1.54) is 14.2 Å². The molecular weight excluding hydrogens is 420 g/mol. The first-order valence-corrected chi connectivity index (χ1v) is 10.3. The minimum Gasteiger partial charge on any atom is -0.497 e. The van der Waals surface area contributed by atoms with E-state index in [1.54, 1.807) is 54.5 Å². The minimum atomic E-state index is -0.295. The van der Waals surface area contributed by atoms with Gasteiger partial charge in [0.15, 0.2) is 11.5 Å². The van der Waals surface area contributed by atoms with Crippen molar-refractivity contribution in [2.45, 2.75) is 6.54 Å². The second-order valence-electron chi connectivity index (χ2n) is 7.37. The predicted molar refractivity (Wildman–Crippen MR) is 128 cm³/mol. The maximum Gasteiger partial charge on any atom is 0.258 e. The van der Waals surface area contributed by atoms with Crippen LogP contribution in [0.1, 0.15) is 15.9 Å². The normalized spacial score (nSPS) is 10.6. The average molecular weight is 444 g/mol. The SMILES string of the molecule is COc1cccc(N(Cc2cc3ccccc3[nH]c2=O)C(=O)c2ccc(OC)c(OC)c2)c1. The Morgan fingerprint density at radius 3 is 2.39 bits per heavy atom. The number of H-pyrrole nitrogens is 1. The number of para-hydroxylation sites is 1. The van der Waals surface area contributed by atoms with Gasteiger partial charge in [-0.25, -0.2) is 0 Å². The number of anilines is 1. The molecule has 168 valence electrons. The summed E-state index contributed by atoms with van der Waals surface area (Å²) in [6.07, 6.45) is 0. The van der Waals surface area contributed by atoms with Crippen LogP contribution in [0.2, 0.25) is 0 Å². The summed E-state index contributed by atoms with van der Waals surface area (Å²) in [5.41, 5.74) is 1.95. The molecule has 0 aliphatic carbocycles. The molecule has 1 heterocycles. The molecule has 0 radical (unpaired) electrons. The zero-order chi connectivity index (χ0) is 23.4. The van der Waals surface area contributed by atoms with Crippen molar-refractivity contribution in [1.29, 1.82) is 0 Å². The Kier molecular flexibility index (Phi) is 6.31. The smallest absolute Gasteiger partial charge is 0.258 e. The lowest BCUT2D eigenvalue weighted by Crippen LogP contribution is -2.33. The molecule has 0 fully saturated rings. The van der Waals surface area contributed by atoms with Crippen LogP contribution in [0.25, 0.3) is 10.9 Å². The standard InChI is InChI=1S/C26H24N2O5/c1-31-21-9-6-8-20(15-21)28(26(30)18-11-12-23(32-2)24(14-18)33-3)16-19-13-17-7-4-5-10-22(17)27-25(19)29/h4-15H,16H2,1-3H3,(H,27,29). The number of fused-ring (bicyclic) bond motifs is 1. The number of nitrogens with zero attached hydrogens (tertiary/aromatic N) is 1. The van der Waals surface area contributed by atoms with Gasteiger partial charge in [0.1, 0.15) is 5.75 Å². The molecule has 4 rings (SSSR count). The molecule has 0 aliphatic rings. The number of ether oxygens (including phenoxy) is 3. The Hall–Kier alpha value is -4.26. The number of amides is 1. The van der Waals surface area contributed by atoms with Gasteiger partial charge >= 0.3 is 0 Å². The molecule has 1 N–H and O–H groups in total. The van der Waals surface area contributed by atoms with Crippen LogP contribution in [0.15, 0.2) is 77.6 Å². The summed E-state index contributed by atoms with van der Waals surface area (Å²) in [6.45, 7) is 0.0700. The number of benzene rings is 3. The Balaban J connectivity index is 1.80. The Morgan fingerprint density at radius 2 is 1.64 bits per heavy atom. The molecule has 7 nitrogen and oxygen atoms in total. The van der Waals surface area contributed by atoms with Crippen molar-refractivity contribution in [3.05, 3.63) is 94.3 Å². The van der Waals surface area contributed by atoms with Crippen molar-refractivity contribution in [2.24, 2.45) is 0 Å². The Labute approximate surface area is 191 Å². The number of aromatic amines is 1. The molecule has 1 aromatic heterocycles. The van der Waals surface area contributed by atoms with Crippen LogP contribution in [-0.2, 0) is 6.54 Å². The molecule has 0 aliphatic heterocycles. The molecule has 0 bridgehead atoms. The predicted octanol–water partition coefficient (Wildman–Crippen LogP) is 4.40. The first kappa shape index (κ1) is 22.0. The average Bonchev–Trinajstić information content (AvgIpc) is 2.86. The lowest BCUT2D eigenvalue weighted by Gasteiger charge is -2.24. The van der Waals surface area contributed by atoms with Crippen LogP contribution in [0, 0.1) is 0 Å². The van der Waals surface area contributed by atoms with Crippen molar-refractivity contribution in [1.82, 2.24) is 4.98 Å². The van der Waals surface area contributed by atoms with Gasteiger partial charge < -0.3 is 24.1 Å². The number of carbonyl (C=O) groups excluding carboxylic acids is 1. The zero-order valence-corrected chi connectivity index (χ0v) is 18.6. The summed E-state index contributed by atoms with van der Waals surface area (Å²) in [5.74, 6) is 1.27. The number of carbonyl (C=O) groups is 1. The van der Waals surface area contributed by atoms with E-state index in [0.29, 0.717) is 34.1 Å². The van der Waals surface area contributed by atoms with Crippen molar-refractivity contribution in [3.63, 3.8) is 0 Å². The summed E-state index contributed by atoms with van der Waals surface area (Å²) in [4.78, 5) is 30.9. The van der Waals surface area contributed by atoms with Crippen LogP contribution in [0.3, 0.4) is 0 Å². The lowest BCUT2D eigenvalue weighted by molar-refractivity contribution is 0.0984. The van der Waals surface area contributed by atoms with Crippen LogP contribution >= 0.6 is 0 Å². The summed E-state index contributed by atoms with van der Waals surface area (Å²) >= 11 is 0. The molecule has 0 saturated carbocycles. The third-order valence-corrected chi connectivity index (χ3v) is 5.40. The van der Waals surface area contributed by atoms with Gasteiger partial charge in [0.05, 0.1) is 27.9 Å². The molecule has 1 amide bonds. The van der Waals surface area contributed by atoms with Crippen LogP contribution < -0.4 is 24.7 Å². The highest BCUT2D eigenvalue weighted by molar-refractivity contribution is 6.06. The third-order valence-electron chi connectivity index (χ3n) is 5.40. The fourth-order valence-electron chi connectivity index (χ4n) is 3.66. The fourth-order valence-corrected chi connectivity index (χ4v) is 3.66. The number of rotatable bonds is 7. The molecule has 0 spiro atoms. The number of hydrogen-bond donors (Lipinski definition) is 1. The molecular formula is C26H24N2O5. The van der Waals surface area contributed by atoms with Crippen molar-refractivity contribution in [3.8, 4) is 17.2 Å². The van der Waals surface area contributed by atoms with Crippen LogP contribution in [0.4, 0.5) is 5.69 Å². The highest BCUT2D eigenvalue weighted by Crippen LogP contribution is 2.30. The maximum atomic E-state index is 13.7. The quantitative estimate of drug-likeness (QED) is 0.457. The van der Waals surface area contributed by atoms with E-state index in [0.717, 1.165) is 10.9 Å². The number of aromatic nitrogens is 1. The van der Waals surface area contributed by atoms with Crippen LogP contribution in [0.5, 0.6) is 17.2 Å². The zero-order valence-electron chi connectivity index (χ0n) is 18.6. The minimum absolute atomic E-state index is 0.0700. The fraction of sp³-hybridized carbons (Fsp3) is 0.154. The molecule has 0 saturated heterocycles. The van der Waals surface area contributed by atoms with Gasteiger partial charge in [0.25, 0.3) is 11.5 Å². The first-order valence-electron chi connectivity index (χ1n) is 10.3. The van der Waals surface area contributed by atoms with E-state index in [2.05, 4.69) is 4.98 Å². The molecule has 7 heteroatoms. The van der Waals surface area contributed by atoms with E-state index < -0.39 is 0 Å². The largest absolute Gasteiger partial charge is 0.497 e. The summed E-state index contributed by atoms with van der Waals surface area (Å²) in [6, 6.07) is 21.5. The molecule has 0 atom stereocenters. The highest BCUT2D eigenvalue weighted by Gasteiger charge is 2.22. The lowest BCUT2D eigenvalue weighted by atomic mass is 10.1. The van der Waals surface area contributed by atoms with Gasteiger partial charge in [-0.1, -0.05) is 24.3 Å². The Morgan fingerprint density at radius 1 is 0.848 bits per heavy atom. The van der Waals surface area contributed by atoms with E-state index in [4.69, 9.17) is 14.2 Å². The second-order valence-corrected chi connectivity index (χ2v) is 7.37. The number of hydrogen-bond acceptors (Lipinski definition) is 5. The summed E-state index contributed by atoms with van der Waals surface area (Å²) < 4.78 is 16.0. The van der Waals surface area contributed by atoms with E-state index in [1.807, 2.05) is 30.3 Å². The van der Waals surface area contributed by atoms with Crippen molar-refractivity contribution < 1.29 is 19.0 Å².